The average Bonchev–Trinajstić information content (AvgIpc) is 2.40. The minimum atomic E-state index is -0.636. The van der Waals surface area contributed by atoms with Gasteiger partial charge in [0.25, 0.3) is 0 Å². The first kappa shape index (κ1) is 10.6. The van der Waals surface area contributed by atoms with Crippen molar-refractivity contribution in [3.05, 3.63) is 54.1 Å². The fourth-order valence-corrected chi connectivity index (χ4v) is 1.76. The third-order valence-electron chi connectivity index (χ3n) is 2.77. The summed E-state index contributed by atoms with van der Waals surface area (Å²) in [5, 5.41) is 0. The van der Waals surface area contributed by atoms with Gasteiger partial charge >= 0.3 is 0 Å². The van der Waals surface area contributed by atoms with Crippen molar-refractivity contribution in [1.29, 1.82) is 0 Å². The molecule has 1 heterocycles. The SMILES string of the molecule is COC1=CC[C@@](C=O)(c2ccccn2)C=C1. The third kappa shape index (κ3) is 1.76. The Hall–Kier alpha value is -1.90. The second-order valence-electron chi connectivity index (χ2n) is 3.72. The Morgan fingerprint density at radius 3 is 2.88 bits per heavy atom. The topological polar surface area (TPSA) is 39.2 Å². The summed E-state index contributed by atoms with van der Waals surface area (Å²) >= 11 is 0. The van der Waals surface area contributed by atoms with Crippen LogP contribution < -0.4 is 0 Å². The number of carbonyl (C=O) groups is 1. The maximum absolute atomic E-state index is 11.3. The Morgan fingerprint density at radius 1 is 1.50 bits per heavy atom. The van der Waals surface area contributed by atoms with Crippen LogP contribution >= 0.6 is 0 Å². The summed E-state index contributed by atoms with van der Waals surface area (Å²) < 4.78 is 5.10. The molecule has 1 atom stereocenters. The highest BCUT2D eigenvalue weighted by Gasteiger charge is 2.31. The van der Waals surface area contributed by atoms with E-state index in [0.717, 1.165) is 17.7 Å². The smallest absolute Gasteiger partial charge is 0.136 e. The van der Waals surface area contributed by atoms with E-state index in [0.29, 0.717) is 6.42 Å². The summed E-state index contributed by atoms with van der Waals surface area (Å²) in [6.45, 7) is 0. The number of nitrogens with zero attached hydrogens (tertiary/aromatic N) is 1. The standard InChI is InChI=1S/C13H13NO2/c1-16-11-5-7-13(10-15,8-6-11)12-4-2-3-9-14-12/h2-7,9-10H,8H2,1H3/t13-/m0/s1. The molecule has 0 aliphatic heterocycles. The molecular weight excluding hydrogens is 202 g/mol. The second kappa shape index (κ2) is 4.31. The quantitative estimate of drug-likeness (QED) is 0.724. The highest BCUT2D eigenvalue weighted by atomic mass is 16.5. The molecule has 3 nitrogen and oxygen atoms in total. The molecule has 0 amide bonds. The van der Waals surface area contributed by atoms with E-state index in [2.05, 4.69) is 4.98 Å². The molecule has 0 saturated carbocycles. The van der Waals surface area contributed by atoms with Crippen LogP contribution in [-0.2, 0) is 14.9 Å². The van der Waals surface area contributed by atoms with Gasteiger partial charge in [-0.25, -0.2) is 0 Å². The predicted octanol–water partition coefficient (Wildman–Crippen LogP) is 2.01. The lowest BCUT2D eigenvalue weighted by molar-refractivity contribution is -0.111. The van der Waals surface area contributed by atoms with E-state index in [1.807, 2.05) is 36.4 Å². The summed E-state index contributed by atoms with van der Waals surface area (Å²) in [6, 6.07) is 5.59. The lowest BCUT2D eigenvalue weighted by atomic mass is 9.79. The van der Waals surface area contributed by atoms with E-state index < -0.39 is 5.41 Å². The maximum Gasteiger partial charge on any atom is 0.136 e. The number of allylic oxidation sites excluding steroid dienone is 3. The van der Waals surface area contributed by atoms with Crippen molar-refractivity contribution >= 4 is 6.29 Å². The van der Waals surface area contributed by atoms with Gasteiger partial charge in [-0.15, -0.1) is 0 Å². The summed E-state index contributed by atoms with van der Waals surface area (Å²) in [6.07, 6.45) is 8.79. The van der Waals surface area contributed by atoms with Gasteiger partial charge in [0.05, 0.1) is 18.2 Å². The fraction of sp³-hybridized carbons (Fsp3) is 0.231. The average molecular weight is 215 g/mol. The first-order valence-corrected chi connectivity index (χ1v) is 5.12. The Kier molecular flexibility index (Phi) is 2.86. The van der Waals surface area contributed by atoms with Crippen molar-refractivity contribution in [1.82, 2.24) is 4.98 Å². The van der Waals surface area contributed by atoms with Crippen molar-refractivity contribution in [2.75, 3.05) is 7.11 Å². The number of hydrogen-bond acceptors (Lipinski definition) is 3. The van der Waals surface area contributed by atoms with Crippen LogP contribution in [0.25, 0.3) is 0 Å². The molecular formula is C13H13NO2. The molecule has 0 radical (unpaired) electrons. The zero-order valence-corrected chi connectivity index (χ0v) is 9.09. The summed E-state index contributed by atoms with van der Waals surface area (Å²) in [4.78, 5) is 15.6. The van der Waals surface area contributed by atoms with Crippen molar-refractivity contribution in [2.45, 2.75) is 11.8 Å². The summed E-state index contributed by atoms with van der Waals surface area (Å²) in [5.41, 5.74) is 0.135. The number of aldehydes is 1. The molecule has 1 aromatic rings. The molecule has 16 heavy (non-hydrogen) atoms. The molecule has 82 valence electrons. The van der Waals surface area contributed by atoms with Crippen LogP contribution in [0.4, 0.5) is 0 Å². The van der Waals surface area contributed by atoms with Crippen molar-refractivity contribution in [3.63, 3.8) is 0 Å². The summed E-state index contributed by atoms with van der Waals surface area (Å²) in [5.74, 6) is 0.786. The molecule has 0 N–H and O–H groups in total. The molecule has 0 spiro atoms. The molecule has 2 rings (SSSR count). The molecule has 0 bridgehead atoms. The van der Waals surface area contributed by atoms with Gasteiger partial charge in [-0.3, -0.25) is 4.98 Å². The Balaban J connectivity index is 2.35. The van der Waals surface area contributed by atoms with Crippen LogP contribution in [0, 0.1) is 0 Å². The predicted molar refractivity (Wildman–Crippen MR) is 60.8 cm³/mol. The largest absolute Gasteiger partial charge is 0.497 e. The lowest BCUT2D eigenvalue weighted by Gasteiger charge is -2.25. The molecule has 0 fully saturated rings. The van der Waals surface area contributed by atoms with Crippen LogP contribution in [0.1, 0.15) is 12.1 Å². The van der Waals surface area contributed by atoms with E-state index in [4.69, 9.17) is 4.74 Å². The fourth-order valence-electron chi connectivity index (χ4n) is 1.76. The van der Waals surface area contributed by atoms with Crippen LogP contribution in [-0.4, -0.2) is 18.4 Å². The van der Waals surface area contributed by atoms with Gasteiger partial charge in [0.1, 0.15) is 12.0 Å². The van der Waals surface area contributed by atoms with Gasteiger partial charge in [-0.1, -0.05) is 12.1 Å². The van der Waals surface area contributed by atoms with E-state index in [9.17, 15) is 4.79 Å². The van der Waals surface area contributed by atoms with Gasteiger partial charge < -0.3 is 9.53 Å². The van der Waals surface area contributed by atoms with Gasteiger partial charge in [-0.05, 0) is 30.7 Å². The molecule has 0 unspecified atom stereocenters. The summed E-state index contributed by atoms with van der Waals surface area (Å²) in [7, 11) is 1.62. The number of carbonyl (C=O) groups excluding carboxylic acids is 1. The van der Waals surface area contributed by atoms with Crippen molar-refractivity contribution in [2.24, 2.45) is 0 Å². The van der Waals surface area contributed by atoms with Crippen LogP contribution in [0.2, 0.25) is 0 Å². The minimum absolute atomic E-state index is 0.590. The maximum atomic E-state index is 11.3. The van der Waals surface area contributed by atoms with Gasteiger partial charge in [0.2, 0.25) is 0 Å². The number of ether oxygens (including phenoxy) is 1. The number of rotatable bonds is 3. The van der Waals surface area contributed by atoms with E-state index in [-0.39, 0.29) is 0 Å². The van der Waals surface area contributed by atoms with Crippen molar-refractivity contribution in [3.8, 4) is 0 Å². The number of aromatic nitrogens is 1. The first-order valence-electron chi connectivity index (χ1n) is 5.12. The lowest BCUT2D eigenvalue weighted by Crippen LogP contribution is -2.27. The number of pyridine rings is 1. The van der Waals surface area contributed by atoms with E-state index in [1.54, 1.807) is 13.3 Å². The zero-order chi connectivity index (χ0) is 11.4. The zero-order valence-electron chi connectivity index (χ0n) is 9.09. The second-order valence-corrected chi connectivity index (χ2v) is 3.72. The Bertz CT molecular complexity index is 437. The highest BCUT2D eigenvalue weighted by Crippen LogP contribution is 2.30. The molecule has 1 aromatic heterocycles. The Morgan fingerprint density at radius 2 is 2.38 bits per heavy atom. The highest BCUT2D eigenvalue weighted by molar-refractivity contribution is 5.72. The van der Waals surface area contributed by atoms with Crippen LogP contribution in [0.5, 0.6) is 0 Å². The van der Waals surface area contributed by atoms with Gasteiger partial charge in [0, 0.05) is 6.20 Å². The molecule has 1 aliphatic carbocycles. The Labute approximate surface area is 94.5 Å². The van der Waals surface area contributed by atoms with E-state index >= 15 is 0 Å². The van der Waals surface area contributed by atoms with Gasteiger partial charge in [-0.2, -0.15) is 0 Å². The van der Waals surface area contributed by atoms with Crippen LogP contribution in [0.15, 0.2) is 48.4 Å². The molecule has 1 aliphatic rings. The van der Waals surface area contributed by atoms with E-state index in [1.165, 1.54) is 0 Å². The minimum Gasteiger partial charge on any atom is -0.497 e. The molecule has 0 saturated heterocycles. The number of methoxy groups -OCH3 is 1. The van der Waals surface area contributed by atoms with Crippen LogP contribution in [0.3, 0.4) is 0 Å². The third-order valence-corrected chi connectivity index (χ3v) is 2.77. The van der Waals surface area contributed by atoms with Gasteiger partial charge in [0.15, 0.2) is 0 Å². The number of hydrogen-bond donors (Lipinski definition) is 0. The van der Waals surface area contributed by atoms with Crippen molar-refractivity contribution < 1.29 is 9.53 Å². The molecule has 3 heteroatoms. The monoisotopic (exact) mass is 215 g/mol. The first-order chi connectivity index (χ1) is 7.80. The molecule has 0 aromatic carbocycles. The normalized spacial score (nSPS) is 23.7.